The number of rotatable bonds is 5. The molecule has 2 fully saturated rings. The highest BCUT2D eigenvalue weighted by molar-refractivity contribution is 5.82. The monoisotopic (exact) mass is 258 g/mol. The van der Waals surface area contributed by atoms with Gasteiger partial charge >= 0.3 is 5.97 Å². The summed E-state index contributed by atoms with van der Waals surface area (Å²) >= 11 is 0. The van der Waals surface area contributed by atoms with Crippen LogP contribution in [0.5, 0.6) is 0 Å². The Morgan fingerprint density at radius 3 is 2.61 bits per heavy atom. The first-order valence-electron chi connectivity index (χ1n) is 6.54. The SMILES string of the molecule is CCC(CC)O[C@@H]1C2OC2(C(=O)O)C[C@H](N)[C@H]1N. The van der Waals surface area contributed by atoms with Crippen LogP contribution in [0.25, 0.3) is 0 Å². The summed E-state index contributed by atoms with van der Waals surface area (Å²) in [5, 5.41) is 9.23. The predicted octanol–water partition coefficient (Wildman–Crippen LogP) is -0.159. The zero-order chi connectivity index (χ0) is 13.5. The number of hydrogen-bond acceptors (Lipinski definition) is 5. The number of carboxylic acids is 1. The average molecular weight is 258 g/mol. The lowest BCUT2D eigenvalue weighted by atomic mass is 9.81. The highest BCUT2D eigenvalue weighted by Crippen LogP contribution is 2.48. The molecule has 0 spiro atoms. The molecule has 1 aliphatic carbocycles. The number of carboxylic acid groups (broad SMARTS) is 1. The highest BCUT2D eigenvalue weighted by Gasteiger charge is 2.71. The normalized spacial score (nSPS) is 42.7. The van der Waals surface area contributed by atoms with Crippen LogP contribution in [0.3, 0.4) is 0 Å². The Hall–Kier alpha value is -0.690. The van der Waals surface area contributed by atoms with Gasteiger partial charge in [-0.05, 0) is 12.8 Å². The lowest BCUT2D eigenvalue weighted by Gasteiger charge is -2.35. The van der Waals surface area contributed by atoms with Gasteiger partial charge in [-0.1, -0.05) is 13.8 Å². The van der Waals surface area contributed by atoms with E-state index in [0.717, 1.165) is 12.8 Å². The number of nitrogens with two attached hydrogens (primary N) is 2. The molecule has 0 aromatic carbocycles. The fourth-order valence-electron chi connectivity index (χ4n) is 2.75. The fraction of sp³-hybridized carbons (Fsp3) is 0.917. The van der Waals surface area contributed by atoms with Crippen molar-refractivity contribution >= 4 is 5.97 Å². The summed E-state index contributed by atoms with van der Waals surface area (Å²) in [7, 11) is 0. The second-order valence-electron chi connectivity index (χ2n) is 5.22. The molecular weight excluding hydrogens is 236 g/mol. The van der Waals surface area contributed by atoms with E-state index in [1.54, 1.807) is 0 Å². The fourth-order valence-corrected chi connectivity index (χ4v) is 2.75. The van der Waals surface area contributed by atoms with Crippen molar-refractivity contribution < 1.29 is 19.4 Å². The summed E-state index contributed by atoms with van der Waals surface area (Å²) in [5.74, 6) is -0.965. The van der Waals surface area contributed by atoms with Gasteiger partial charge in [0.2, 0.25) is 0 Å². The smallest absolute Gasteiger partial charge is 0.338 e. The number of aliphatic carboxylic acids is 1. The van der Waals surface area contributed by atoms with E-state index in [2.05, 4.69) is 0 Å². The minimum atomic E-state index is -1.16. The van der Waals surface area contributed by atoms with Crippen molar-refractivity contribution in [2.24, 2.45) is 11.5 Å². The van der Waals surface area contributed by atoms with E-state index in [1.165, 1.54) is 0 Å². The molecule has 0 aromatic heterocycles. The Balaban J connectivity index is 2.11. The van der Waals surface area contributed by atoms with E-state index in [1.807, 2.05) is 13.8 Å². The Labute approximate surface area is 107 Å². The van der Waals surface area contributed by atoms with Crippen LogP contribution >= 0.6 is 0 Å². The first-order chi connectivity index (χ1) is 8.46. The molecule has 18 heavy (non-hydrogen) atoms. The lowest BCUT2D eigenvalue weighted by Crippen LogP contribution is -2.60. The van der Waals surface area contributed by atoms with Crippen LogP contribution in [0.4, 0.5) is 0 Å². The summed E-state index contributed by atoms with van der Waals surface area (Å²) in [4.78, 5) is 11.3. The van der Waals surface area contributed by atoms with Crippen LogP contribution in [-0.2, 0) is 14.3 Å². The largest absolute Gasteiger partial charge is 0.479 e. The Kier molecular flexibility index (Phi) is 3.64. The van der Waals surface area contributed by atoms with E-state index in [9.17, 15) is 9.90 Å². The highest BCUT2D eigenvalue weighted by atomic mass is 16.7. The van der Waals surface area contributed by atoms with Gasteiger partial charge in [0.15, 0.2) is 5.60 Å². The van der Waals surface area contributed by atoms with Crippen molar-refractivity contribution in [1.29, 1.82) is 0 Å². The number of carbonyl (C=O) groups is 1. The molecule has 0 bridgehead atoms. The Morgan fingerprint density at radius 1 is 1.50 bits per heavy atom. The number of ether oxygens (including phenoxy) is 2. The quantitative estimate of drug-likeness (QED) is 0.591. The van der Waals surface area contributed by atoms with Gasteiger partial charge in [-0.2, -0.15) is 0 Å². The van der Waals surface area contributed by atoms with Gasteiger partial charge in [-0.15, -0.1) is 0 Å². The van der Waals surface area contributed by atoms with Gasteiger partial charge < -0.3 is 26.0 Å². The van der Waals surface area contributed by atoms with Crippen molar-refractivity contribution in [2.75, 3.05) is 0 Å². The number of epoxide rings is 1. The first kappa shape index (κ1) is 13.7. The summed E-state index contributed by atoms with van der Waals surface area (Å²) < 4.78 is 11.3. The molecular formula is C12H22N2O4. The second-order valence-corrected chi connectivity index (χ2v) is 5.22. The third-order valence-corrected chi connectivity index (χ3v) is 4.07. The third kappa shape index (κ3) is 2.03. The van der Waals surface area contributed by atoms with Gasteiger partial charge in [-0.3, -0.25) is 0 Å². The molecule has 0 amide bonds. The van der Waals surface area contributed by atoms with Crippen LogP contribution in [0.1, 0.15) is 33.1 Å². The Bertz CT molecular complexity index is 334. The van der Waals surface area contributed by atoms with E-state index in [-0.39, 0.29) is 18.6 Å². The van der Waals surface area contributed by atoms with E-state index in [0.29, 0.717) is 0 Å². The van der Waals surface area contributed by atoms with Crippen molar-refractivity contribution in [3.05, 3.63) is 0 Å². The standard InChI is InChI=1S/C12H22N2O4/c1-3-6(4-2)17-9-8(14)7(13)5-12(11(15)16)10(9)18-12/h6-10H,3-5,13-14H2,1-2H3,(H,15,16)/t7-,8+,9-,10?,12?/m0/s1. The molecule has 0 radical (unpaired) electrons. The van der Waals surface area contributed by atoms with Gasteiger partial charge in [0.05, 0.1) is 6.10 Å². The molecule has 2 unspecified atom stereocenters. The van der Waals surface area contributed by atoms with Gasteiger partial charge in [-0.25, -0.2) is 4.79 Å². The maximum atomic E-state index is 11.3. The van der Waals surface area contributed by atoms with Crippen LogP contribution < -0.4 is 11.5 Å². The molecule has 6 nitrogen and oxygen atoms in total. The van der Waals surface area contributed by atoms with E-state index in [4.69, 9.17) is 20.9 Å². The van der Waals surface area contributed by atoms with Crippen molar-refractivity contribution in [1.82, 2.24) is 0 Å². The lowest BCUT2D eigenvalue weighted by molar-refractivity contribution is -0.144. The second kappa shape index (κ2) is 4.77. The van der Waals surface area contributed by atoms with Gasteiger partial charge in [0.25, 0.3) is 0 Å². The molecule has 1 saturated carbocycles. The molecule has 1 aliphatic heterocycles. The van der Waals surface area contributed by atoms with Crippen LogP contribution in [-0.4, -0.2) is 47.1 Å². The molecule has 1 saturated heterocycles. The zero-order valence-corrected chi connectivity index (χ0v) is 10.8. The minimum Gasteiger partial charge on any atom is -0.479 e. The average Bonchev–Trinajstić information content (AvgIpc) is 3.05. The predicted molar refractivity (Wildman–Crippen MR) is 65.1 cm³/mol. The van der Waals surface area contributed by atoms with Crippen molar-refractivity contribution in [3.8, 4) is 0 Å². The molecule has 104 valence electrons. The van der Waals surface area contributed by atoms with Crippen LogP contribution in [0.15, 0.2) is 0 Å². The molecule has 1 heterocycles. The van der Waals surface area contributed by atoms with Gasteiger partial charge in [0.1, 0.15) is 12.2 Å². The molecule has 2 rings (SSSR count). The summed E-state index contributed by atoms with van der Waals surface area (Å²) in [5.41, 5.74) is 10.8. The minimum absolute atomic E-state index is 0.0713. The van der Waals surface area contributed by atoms with Crippen molar-refractivity contribution in [3.63, 3.8) is 0 Å². The number of hydrogen-bond donors (Lipinski definition) is 3. The summed E-state index contributed by atoms with van der Waals surface area (Å²) in [6.07, 6.45) is 1.18. The van der Waals surface area contributed by atoms with E-state index < -0.39 is 29.8 Å². The molecule has 6 heteroatoms. The molecule has 0 aromatic rings. The van der Waals surface area contributed by atoms with Gasteiger partial charge in [0, 0.05) is 18.5 Å². The maximum Gasteiger partial charge on any atom is 0.338 e. The van der Waals surface area contributed by atoms with Crippen molar-refractivity contribution in [2.45, 2.75) is 69.1 Å². The number of fused-ring (bicyclic) bond motifs is 1. The van der Waals surface area contributed by atoms with E-state index >= 15 is 0 Å². The van der Waals surface area contributed by atoms with Crippen LogP contribution in [0.2, 0.25) is 0 Å². The third-order valence-electron chi connectivity index (χ3n) is 4.07. The maximum absolute atomic E-state index is 11.3. The summed E-state index contributed by atoms with van der Waals surface area (Å²) in [6, 6.07) is -0.773. The topological polar surface area (TPSA) is 111 Å². The molecule has 5 N–H and O–H groups in total. The van der Waals surface area contributed by atoms with Crippen LogP contribution in [0, 0.1) is 0 Å². The zero-order valence-electron chi connectivity index (χ0n) is 10.8. The molecule has 5 atom stereocenters. The Morgan fingerprint density at radius 2 is 2.11 bits per heavy atom. The first-order valence-corrected chi connectivity index (χ1v) is 6.54. The summed E-state index contributed by atoms with van der Waals surface area (Å²) in [6.45, 7) is 4.06. The molecule has 2 aliphatic rings.